The number of carbonyl (C=O) groups is 1. The number of aromatic nitrogens is 1. The van der Waals surface area contributed by atoms with E-state index in [0.717, 1.165) is 33.2 Å². The monoisotopic (exact) mass is 448 g/mol. The summed E-state index contributed by atoms with van der Waals surface area (Å²) in [5.41, 5.74) is 2.73. The third kappa shape index (κ3) is 4.20. The summed E-state index contributed by atoms with van der Waals surface area (Å²) < 4.78 is 26.5. The molecule has 0 aliphatic rings. The molecule has 0 N–H and O–H groups in total. The highest BCUT2D eigenvalue weighted by molar-refractivity contribution is 7.13. The third-order valence-electron chi connectivity index (χ3n) is 5.05. The van der Waals surface area contributed by atoms with E-state index in [4.69, 9.17) is 9.47 Å². The molecule has 0 fully saturated rings. The van der Waals surface area contributed by atoms with Crippen molar-refractivity contribution in [3.63, 3.8) is 0 Å². The first kappa shape index (κ1) is 21.5. The minimum absolute atomic E-state index is 0.0575. The first-order valence-corrected chi connectivity index (χ1v) is 10.7. The molecule has 0 radical (unpaired) electrons. The lowest BCUT2D eigenvalue weighted by atomic mass is 10.1. The van der Waals surface area contributed by atoms with Crippen LogP contribution in [0.4, 0.5) is 4.39 Å². The lowest BCUT2D eigenvalue weighted by molar-refractivity contribution is 0.0994. The Morgan fingerprint density at radius 3 is 2.00 bits per heavy atom. The number of hydrogen-bond donors (Lipinski definition) is 0. The summed E-state index contributed by atoms with van der Waals surface area (Å²) in [5.74, 6) is 0.284. The van der Waals surface area contributed by atoms with Gasteiger partial charge in [-0.3, -0.25) is 4.79 Å². The Labute approximate surface area is 189 Å². The van der Waals surface area contributed by atoms with E-state index in [1.54, 1.807) is 26.4 Å². The van der Waals surface area contributed by atoms with Gasteiger partial charge in [0.1, 0.15) is 17.3 Å². The van der Waals surface area contributed by atoms with Crippen LogP contribution in [0.25, 0.3) is 21.7 Å². The minimum atomic E-state index is -0.623. The topological polar surface area (TPSA) is 52.8 Å². The molecule has 0 spiro atoms. The summed E-state index contributed by atoms with van der Waals surface area (Å²) in [5, 5.41) is 0. The summed E-state index contributed by atoms with van der Waals surface area (Å²) in [6.45, 7) is 0. The molecule has 4 rings (SSSR count). The van der Waals surface area contributed by atoms with Crippen molar-refractivity contribution in [2.45, 2.75) is 0 Å². The smallest absolute Gasteiger partial charge is 0.282 e. The number of benzene rings is 3. The fourth-order valence-corrected chi connectivity index (χ4v) is 4.49. The number of amides is 1. The van der Waals surface area contributed by atoms with E-state index in [2.05, 4.69) is 4.99 Å². The van der Waals surface area contributed by atoms with Gasteiger partial charge >= 0.3 is 0 Å². The molecule has 1 heterocycles. The van der Waals surface area contributed by atoms with Gasteiger partial charge in [-0.1, -0.05) is 23.5 Å². The molecular weight excluding hydrogens is 427 g/mol. The van der Waals surface area contributed by atoms with Crippen LogP contribution >= 0.6 is 11.3 Å². The van der Waals surface area contributed by atoms with Gasteiger partial charge in [-0.15, -0.1) is 0 Å². The van der Waals surface area contributed by atoms with Crippen molar-refractivity contribution >= 4 is 17.2 Å². The number of carbonyl (C=O) groups excluding carboxylic acids is 1. The molecule has 1 amide bonds. The molecule has 1 aromatic heterocycles. The number of hydrogen-bond acceptors (Lipinski definition) is 4. The second-order valence-electron chi connectivity index (χ2n) is 6.98. The zero-order chi connectivity index (χ0) is 22.7. The molecule has 5 nitrogen and oxygen atoms in total. The van der Waals surface area contributed by atoms with Gasteiger partial charge in [-0.25, -0.2) is 4.39 Å². The van der Waals surface area contributed by atoms with Crippen LogP contribution in [-0.4, -0.2) is 24.7 Å². The fourth-order valence-electron chi connectivity index (χ4n) is 3.35. The Kier molecular flexibility index (Phi) is 6.18. The van der Waals surface area contributed by atoms with E-state index in [-0.39, 0.29) is 5.56 Å². The third-order valence-corrected chi connectivity index (χ3v) is 6.23. The van der Waals surface area contributed by atoms with Crippen molar-refractivity contribution in [2.24, 2.45) is 12.0 Å². The molecule has 4 aromatic rings. The Morgan fingerprint density at radius 1 is 0.875 bits per heavy atom. The average Bonchev–Trinajstić information content (AvgIpc) is 3.15. The maximum atomic E-state index is 14.1. The predicted molar refractivity (Wildman–Crippen MR) is 124 cm³/mol. The highest BCUT2D eigenvalue weighted by Crippen LogP contribution is 2.35. The summed E-state index contributed by atoms with van der Waals surface area (Å²) >= 11 is 1.37. The summed E-state index contributed by atoms with van der Waals surface area (Å²) in [6, 6.07) is 21.2. The normalized spacial score (nSPS) is 11.4. The number of rotatable bonds is 5. The van der Waals surface area contributed by atoms with Crippen LogP contribution in [0.5, 0.6) is 11.5 Å². The molecule has 0 bridgehead atoms. The van der Waals surface area contributed by atoms with E-state index < -0.39 is 11.7 Å². The molecule has 0 aliphatic carbocycles. The first-order valence-electron chi connectivity index (χ1n) is 9.84. The van der Waals surface area contributed by atoms with Gasteiger partial charge in [0, 0.05) is 7.05 Å². The largest absolute Gasteiger partial charge is 0.497 e. The molecular formula is C25H21FN2O3S. The van der Waals surface area contributed by atoms with Gasteiger partial charge in [0.2, 0.25) is 0 Å². The van der Waals surface area contributed by atoms with Crippen LogP contribution in [0, 0.1) is 5.82 Å². The van der Waals surface area contributed by atoms with Crippen LogP contribution in [0.15, 0.2) is 77.8 Å². The minimum Gasteiger partial charge on any atom is -0.497 e. The second kappa shape index (κ2) is 9.20. The van der Waals surface area contributed by atoms with Crippen molar-refractivity contribution < 1.29 is 18.7 Å². The molecule has 0 atom stereocenters. The van der Waals surface area contributed by atoms with Crippen LogP contribution in [0.2, 0.25) is 0 Å². The zero-order valence-corrected chi connectivity index (χ0v) is 18.7. The van der Waals surface area contributed by atoms with Crippen molar-refractivity contribution in [2.75, 3.05) is 14.2 Å². The maximum Gasteiger partial charge on any atom is 0.282 e. The predicted octanol–water partition coefficient (Wildman–Crippen LogP) is 5.32. The standard InChI is InChI=1S/C25H21FN2O3S/c1-28-22(16-8-12-18(30-2)13-9-16)23(17-10-14-19(31-3)15-11-17)32-25(28)27-24(29)20-6-4-5-7-21(20)26/h4-15H,1-3H3. The Hall–Kier alpha value is -3.71. The van der Waals surface area contributed by atoms with Crippen molar-refractivity contribution in [3.05, 3.63) is 89.0 Å². The maximum absolute atomic E-state index is 14.1. The fraction of sp³-hybridized carbons (Fsp3) is 0.120. The van der Waals surface area contributed by atoms with E-state index in [1.165, 1.54) is 23.5 Å². The van der Waals surface area contributed by atoms with Crippen molar-refractivity contribution in [3.8, 4) is 33.2 Å². The second-order valence-corrected chi connectivity index (χ2v) is 7.95. The Balaban J connectivity index is 1.89. The van der Waals surface area contributed by atoms with E-state index in [0.29, 0.717) is 4.80 Å². The lowest BCUT2D eigenvalue weighted by Crippen LogP contribution is -2.15. The zero-order valence-electron chi connectivity index (χ0n) is 17.8. The SMILES string of the molecule is COc1ccc(-c2sc(=NC(=O)c3ccccc3F)n(C)c2-c2ccc(OC)cc2)cc1. The molecule has 162 valence electrons. The van der Waals surface area contributed by atoms with E-state index >= 15 is 0 Å². The van der Waals surface area contributed by atoms with Crippen LogP contribution in [0.3, 0.4) is 0 Å². The Bertz CT molecular complexity index is 1320. The quantitative estimate of drug-likeness (QED) is 0.415. The lowest BCUT2D eigenvalue weighted by Gasteiger charge is -2.09. The molecule has 32 heavy (non-hydrogen) atoms. The van der Waals surface area contributed by atoms with E-state index in [1.807, 2.05) is 60.1 Å². The van der Waals surface area contributed by atoms with E-state index in [9.17, 15) is 9.18 Å². The summed E-state index contributed by atoms with van der Waals surface area (Å²) in [7, 11) is 5.08. The molecule has 0 saturated carbocycles. The average molecular weight is 449 g/mol. The number of thiazole rings is 1. The van der Waals surface area contributed by atoms with Crippen molar-refractivity contribution in [1.29, 1.82) is 0 Å². The highest BCUT2D eigenvalue weighted by Gasteiger charge is 2.17. The molecule has 3 aromatic carbocycles. The van der Waals surface area contributed by atoms with Gasteiger partial charge in [0.25, 0.3) is 5.91 Å². The highest BCUT2D eigenvalue weighted by atomic mass is 32.1. The van der Waals surface area contributed by atoms with Crippen LogP contribution < -0.4 is 14.3 Å². The molecule has 7 heteroatoms. The van der Waals surface area contributed by atoms with Gasteiger partial charge in [-0.05, 0) is 71.8 Å². The van der Waals surface area contributed by atoms with Gasteiger partial charge in [0.15, 0.2) is 4.80 Å². The van der Waals surface area contributed by atoms with Crippen molar-refractivity contribution in [1.82, 2.24) is 4.57 Å². The summed E-state index contributed by atoms with van der Waals surface area (Å²) in [6.07, 6.45) is 0. The van der Waals surface area contributed by atoms with Gasteiger partial charge in [-0.2, -0.15) is 4.99 Å². The van der Waals surface area contributed by atoms with Gasteiger partial charge < -0.3 is 14.0 Å². The van der Waals surface area contributed by atoms with Gasteiger partial charge in [0.05, 0.1) is 30.4 Å². The molecule has 0 aliphatic heterocycles. The number of halogens is 1. The molecule has 0 unspecified atom stereocenters. The number of methoxy groups -OCH3 is 2. The number of nitrogens with zero attached hydrogens (tertiary/aromatic N) is 2. The first-order chi connectivity index (χ1) is 15.5. The Morgan fingerprint density at radius 2 is 1.44 bits per heavy atom. The molecule has 0 saturated heterocycles. The van der Waals surface area contributed by atoms with Crippen LogP contribution in [0.1, 0.15) is 10.4 Å². The summed E-state index contributed by atoms with van der Waals surface area (Å²) in [4.78, 5) is 18.3. The number of ether oxygens (including phenoxy) is 2. The van der Waals surface area contributed by atoms with Crippen LogP contribution in [-0.2, 0) is 7.05 Å².